The molecule has 0 aromatic heterocycles. The smallest absolute Gasteiger partial charge is 0.0419 e. The van der Waals surface area contributed by atoms with Crippen molar-refractivity contribution in [2.45, 2.75) is 36.0 Å². The van der Waals surface area contributed by atoms with Crippen LogP contribution in [0, 0.1) is 0 Å². The molecule has 0 amide bonds. The summed E-state index contributed by atoms with van der Waals surface area (Å²) in [5.41, 5.74) is 2.71. The molecule has 0 aliphatic heterocycles. The van der Waals surface area contributed by atoms with Gasteiger partial charge in [0.25, 0.3) is 0 Å². The minimum atomic E-state index is 0.0682. The zero-order valence-electron chi connectivity index (χ0n) is 12.3. The molecule has 0 nitrogen and oxygen atoms in total. The van der Waals surface area contributed by atoms with E-state index in [0.717, 1.165) is 0 Å². The summed E-state index contributed by atoms with van der Waals surface area (Å²) in [6.45, 7) is 6.76. The van der Waals surface area contributed by atoms with Crippen LogP contribution in [0.4, 0.5) is 0 Å². The predicted molar refractivity (Wildman–Crippen MR) is 94.7 cm³/mol. The van der Waals surface area contributed by atoms with Crippen molar-refractivity contribution < 1.29 is 0 Å². The lowest BCUT2D eigenvalue weighted by molar-refractivity contribution is 0.765. The molecule has 2 aromatic rings. The number of benzene rings is 2. The highest BCUT2D eigenvalue weighted by Gasteiger charge is 2.28. The third kappa shape index (κ3) is 3.83. The van der Waals surface area contributed by atoms with Gasteiger partial charge < -0.3 is 0 Å². The van der Waals surface area contributed by atoms with Gasteiger partial charge in [0.1, 0.15) is 0 Å². The van der Waals surface area contributed by atoms with Crippen LogP contribution in [-0.2, 0) is 4.75 Å². The Balaban J connectivity index is 2.25. The average molecular weight is 303 g/mol. The molecule has 0 saturated heterocycles. The molecule has 2 aromatic carbocycles. The highest BCUT2D eigenvalue weighted by Crippen LogP contribution is 2.47. The summed E-state index contributed by atoms with van der Waals surface area (Å²) < 4.78 is 0.0682. The molecule has 2 heteroatoms. The number of rotatable bonds is 5. The van der Waals surface area contributed by atoms with Crippen molar-refractivity contribution in [3.63, 3.8) is 0 Å². The third-order valence-corrected chi connectivity index (χ3v) is 5.72. The van der Waals surface area contributed by atoms with Crippen LogP contribution in [0.2, 0.25) is 0 Å². The maximum atomic E-state index is 4.71. The van der Waals surface area contributed by atoms with E-state index >= 15 is 0 Å². The largest absolute Gasteiger partial charge is 0.175 e. The second kappa shape index (κ2) is 6.73. The molecule has 0 radical (unpaired) electrons. The van der Waals surface area contributed by atoms with Crippen LogP contribution in [0.5, 0.6) is 0 Å². The fraction of sp³-hybridized carbons (Fsp3) is 0.333. The molecule has 20 heavy (non-hydrogen) atoms. The lowest BCUT2D eigenvalue weighted by Gasteiger charge is -2.32. The van der Waals surface area contributed by atoms with E-state index in [9.17, 15) is 0 Å². The lowest BCUT2D eigenvalue weighted by atomic mass is 10.0. The topological polar surface area (TPSA) is 0 Å². The van der Waals surface area contributed by atoms with Crippen molar-refractivity contribution in [1.29, 1.82) is 0 Å². The van der Waals surface area contributed by atoms with Gasteiger partial charge in [-0.05, 0) is 25.0 Å². The van der Waals surface area contributed by atoms with Crippen LogP contribution in [0.3, 0.4) is 0 Å². The van der Waals surface area contributed by atoms with Crippen molar-refractivity contribution in [2.24, 2.45) is 0 Å². The Morgan fingerprint density at radius 1 is 0.900 bits per heavy atom. The van der Waals surface area contributed by atoms with Gasteiger partial charge in [0.2, 0.25) is 0 Å². The normalized spacial score (nSPS) is 14.8. The van der Waals surface area contributed by atoms with Crippen LogP contribution in [0.25, 0.3) is 0 Å². The van der Waals surface area contributed by atoms with Crippen molar-refractivity contribution in [3.8, 4) is 0 Å². The Morgan fingerprint density at radius 2 is 1.40 bits per heavy atom. The van der Waals surface area contributed by atoms with E-state index in [-0.39, 0.29) is 4.75 Å². The fourth-order valence-electron chi connectivity index (χ4n) is 2.31. The number of thiol groups is 1. The van der Waals surface area contributed by atoms with E-state index in [0.29, 0.717) is 10.5 Å². The second-order valence-electron chi connectivity index (χ2n) is 5.57. The Hall–Kier alpha value is -0.860. The molecular formula is C18H22S2. The first kappa shape index (κ1) is 15.5. The van der Waals surface area contributed by atoms with E-state index in [1.54, 1.807) is 0 Å². The summed E-state index contributed by atoms with van der Waals surface area (Å²) >= 11 is 6.69. The molecule has 2 atom stereocenters. The summed E-state index contributed by atoms with van der Waals surface area (Å²) in [7, 11) is 0. The van der Waals surface area contributed by atoms with Gasteiger partial charge in [-0.1, -0.05) is 67.6 Å². The molecule has 2 rings (SSSR count). The summed E-state index contributed by atoms with van der Waals surface area (Å²) in [5.74, 6) is 0. The van der Waals surface area contributed by atoms with Crippen LogP contribution in [-0.4, -0.2) is 5.25 Å². The maximum absolute atomic E-state index is 4.71. The highest BCUT2D eigenvalue weighted by atomic mass is 32.2. The van der Waals surface area contributed by atoms with Crippen LogP contribution in [0.15, 0.2) is 60.7 Å². The molecule has 2 unspecified atom stereocenters. The molecule has 0 aliphatic rings. The molecular weight excluding hydrogens is 280 g/mol. The first-order chi connectivity index (χ1) is 9.50. The van der Waals surface area contributed by atoms with Crippen molar-refractivity contribution in [1.82, 2.24) is 0 Å². The summed E-state index contributed by atoms with van der Waals surface area (Å²) in [5, 5.41) is 0.695. The number of thioether (sulfide) groups is 1. The minimum Gasteiger partial charge on any atom is -0.175 e. The Bertz CT molecular complexity index is 518. The van der Waals surface area contributed by atoms with E-state index in [4.69, 9.17) is 12.6 Å². The van der Waals surface area contributed by atoms with Gasteiger partial charge in [0.05, 0.1) is 0 Å². The molecule has 0 fully saturated rings. The molecule has 0 spiro atoms. The van der Waals surface area contributed by atoms with E-state index in [2.05, 4.69) is 81.4 Å². The second-order valence-corrected chi connectivity index (χ2v) is 8.14. The average Bonchev–Trinajstić information content (AvgIpc) is 2.46. The van der Waals surface area contributed by atoms with Crippen LogP contribution < -0.4 is 0 Å². The van der Waals surface area contributed by atoms with Gasteiger partial charge in [-0.25, -0.2) is 0 Å². The molecule has 0 N–H and O–H groups in total. The van der Waals surface area contributed by atoms with Gasteiger partial charge in [-0.3, -0.25) is 0 Å². The quantitative estimate of drug-likeness (QED) is 0.690. The zero-order chi connectivity index (χ0) is 14.6. The molecule has 106 valence electrons. The van der Waals surface area contributed by atoms with Gasteiger partial charge >= 0.3 is 0 Å². The minimum absolute atomic E-state index is 0.0682. The number of hydrogen-bond donors (Lipinski definition) is 1. The Morgan fingerprint density at radius 3 is 1.90 bits per heavy atom. The van der Waals surface area contributed by atoms with Gasteiger partial charge in [-0.15, -0.1) is 11.8 Å². The molecule has 0 saturated carbocycles. The summed E-state index contributed by atoms with van der Waals surface area (Å²) in [4.78, 5) is 0. The Labute approximate surface area is 132 Å². The Kier molecular flexibility index (Phi) is 5.22. The van der Waals surface area contributed by atoms with E-state index < -0.39 is 0 Å². The third-order valence-electron chi connectivity index (χ3n) is 3.46. The van der Waals surface area contributed by atoms with Gasteiger partial charge in [-0.2, -0.15) is 12.6 Å². The van der Waals surface area contributed by atoms with Gasteiger partial charge in [0.15, 0.2) is 0 Å². The summed E-state index contributed by atoms with van der Waals surface area (Å²) in [6.07, 6.45) is 0. The van der Waals surface area contributed by atoms with Crippen molar-refractivity contribution >= 4 is 24.4 Å². The number of hydrogen-bond acceptors (Lipinski definition) is 2. The van der Waals surface area contributed by atoms with Gasteiger partial charge in [0, 0.05) is 15.2 Å². The molecule has 0 heterocycles. The van der Waals surface area contributed by atoms with E-state index in [1.165, 1.54) is 11.1 Å². The fourth-order valence-corrected chi connectivity index (χ4v) is 4.06. The van der Waals surface area contributed by atoms with Crippen molar-refractivity contribution in [3.05, 3.63) is 71.8 Å². The van der Waals surface area contributed by atoms with Crippen molar-refractivity contribution in [2.75, 3.05) is 0 Å². The van der Waals surface area contributed by atoms with Crippen LogP contribution in [0.1, 0.15) is 37.1 Å². The molecule has 0 bridgehead atoms. The standard InChI is InChI=1S/C18H22S2/c1-14(19)17(15-10-6-4-7-11-15)20-18(2,3)16-12-8-5-9-13-16/h4-14,17,19H,1-3H3. The van der Waals surface area contributed by atoms with Crippen LogP contribution >= 0.6 is 24.4 Å². The molecule has 0 aliphatic carbocycles. The lowest BCUT2D eigenvalue weighted by Crippen LogP contribution is -2.18. The first-order valence-electron chi connectivity index (χ1n) is 6.97. The maximum Gasteiger partial charge on any atom is 0.0419 e. The monoisotopic (exact) mass is 302 g/mol. The predicted octanol–water partition coefficient (Wildman–Crippen LogP) is 5.71. The highest BCUT2D eigenvalue weighted by molar-refractivity contribution is 8.01. The summed E-state index contributed by atoms with van der Waals surface area (Å²) in [6, 6.07) is 21.4. The van der Waals surface area contributed by atoms with E-state index in [1.807, 2.05) is 11.8 Å². The zero-order valence-corrected chi connectivity index (χ0v) is 14.0. The first-order valence-corrected chi connectivity index (χ1v) is 8.36. The SMILES string of the molecule is CC(S)C(SC(C)(C)c1ccccc1)c1ccccc1.